The number of aromatic nitrogens is 1. The summed E-state index contributed by atoms with van der Waals surface area (Å²) in [6.45, 7) is 13.4. The van der Waals surface area contributed by atoms with E-state index in [1.165, 1.54) is 37.3 Å². The van der Waals surface area contributed by atoms with E-state index < -0.39 is 0 Å². The van der Waals surface area contributed by atoms with Gasteiger partial charge in [0.25, 0.3) is 5.91 Å². The van der Waals surface area contributed by atoms with Gasteiger partial charge in [0.1, 0.15) is 18.7 Å². The Morgan fingerprint density at radius 3 is 2.48 bits per heavy atom. The third-order valence-electron chi connectivity index (χ3n) is 6.40. The van der Waals surface area contributed by atoms with Crippen LogP contribution in [0.5, 0.6) is 0 Å². The number of pyridine rings is 1. The van der Waals surface area contributed by atoms with Crippen molar-refractivity contribution in [3.63, 3.8) is 0 Å². The van der Waals surface area contributed by atoms with Crippen LogP contribution < -0.4 is 20.5 Å². The number of morpholine rings is 1. The highest BCUT2D eigenvalue weighted by atomic mass is 16.5. The molecule has 7 heteroatoms. The molecule has 2 aliphatic rings. The second-order valence-electron chi connectivity index (χ2n) is 8.41. The normalized spacial score (nSPS) is 18.7. The highest BCUT2D eigenvalue weighted by molar-refractivity contribution is 5.95. The van der Waals surface area contributed by atoms with E-state index in [-0.39, 0.29) is 11.3 Å². The molecule has 0 spiro atoms. The fourth-order valence-electron chi connectivity index (χ4n) is 4.67. The molecule has 29 heavy (non-hydrogen) atoms. The summed E-state index contributed by atoms with van der Waals surface area (Å²) in [5.74, 6) is -0.224. The minimum atomic E-state index is -0.224. The molecule has 2 aliphatic heterocycles. The molecule has 162 valence electrons. The lowest BCUT2D eigenvalue weighted by atomic mass is 10.1. The summed E-state index contributed by atoms with van der Waals surface area (Å²) < 4.78 is 7.58. The molecule has 3 N–H and O–H groups in total. The van der Waals surface area contributed by atoms with Gasteiger partial charge in [-0.25, -0.2) is 0 Å². The number of piperidine rings is 1. The van der Waals surface area contributed by atoms with E-state index in [4.69, 9.17) is 4.74 Å². The standard InChI is InChI=1S/C22H36N4O3/c1-3-19-21(22(28)23-7-10-25-13-15-29-16-14-25)20(27)17-18(2)26(19)12-11-24-8-5-4-6-9-24/h17H,3-16H2,1-2H3,(H,23,28)/p+2. The van der Waals surface area contributed by atoms with Crippen molar-refractivity contribution in [1.82, 2.24) is 9.88 Å². The smallest absolute Gasteiger partial charge is 0.257 e. The van der Waals surface area contributed by atoms with Gasteiger partial charge in [-0.3, -0.25) is 9.59 Å². The van der Waals surface area contributed by atoms with Gasteiger partial charge in [0.2, 0.25) is 0 Å². The summed E-state index contributed by atoms with van der Waals surface area (Å²) in [4.78, 5) is 28.7. The van der Waals surface area contributed by atoms with Crippen LogP contribution in [0.3, 0.4) is 0 Å². The second-order valence-corrected chi connectivity index (χ2v) is 8.41. The quantitative estimate of drug-likeness (QED) is 0.489. The molecule has 0 aromatic carbocycles. The Morgan fingerprint density at radius 1 is 1.10 bits per heavy atom. The van der Waals surface area contributed by atoms with Crippen molar-refractivity contribution in [1.29, 1.82) is 0 Å². The Hall–Kier alpha value is -1.70. The van der Waals surface area contributed by atoms with Gasteiger partial charge in [-0.2, -0.15) is 0 Å². The average molecular weight is 407 g/mol. The Balaban J connectivity index is 1.67. The number of carbonyl (C=O) groups excluding carboxylic acids is 1. The van der Waals surface area contributed by atoms with E-state index >= 15 is 0 Å². The number of likely N-dealkylation sites (tertiary alicyclic amines) is 1. The number of nitrogens with one attached hydrogen (secondary N) is 3. The molecule has 2 saturated heterocycles. The molecule has 1 aromatic heterocycles. The van der Waals surface area contributed by atoms with Gasteiger partial charge in [-0.1, -0.05) is 6.92 Å². The molecule has 2 fully saturated rings. The van der Waals surface area contributed by atoms with Crippen molar-refractivity contribution in [2.24, 2.45) is 0 Å². The van der Waals surface area contributed by atoms with Gasteiger partial charge in [0.15, 0.2) is 5.43 Å². The summed E-state index contributed by atoms with van der Waals surface area (Å²) >= 11 is 0. The number of hydrogen-bond donors (Lipinski definition) is 3. The summed E-state index contributed by atoms with van der Waals surface area (Å²) in [6, 6.07) is 1.63. The third kappa shape index (κ3) is 5.90. The number of amides is 1. The third-order valence-corrected chi connectivity index (χ3v) is 6.40. The number of rotatable bonds is 8. The molecule has 0 aliphatic carbocycles. The van der Waals surface area contributed by atoms with Gasteiger partial charge in [-0.05, 0) is 32.6 Å². The monoisotopic (exact) mass is 406 g/mol. The first-order valence-corrected chi connectivity index (χ1v) is 11.4. The molecule has 0 bridgehead atoms. The molecule has 0 radical (unpaired) electrons. The van der Waals surface area contributed by atoms with Gasteiger partial charge in [-0.15, -0.1) is 0 Å². The average Bonchev–Trinajstić information content (AvgIpc) is 2.74. The summed E-state index contributed by atoms with van der Waals surface area (Å²) in [5.41, 5.74) is 2.01. The molecule has 3 heterocycles. The van der Waals surface area contributed by atoms with Crippen molar-refractivity contribution in [2.45, 2.75) is 46.1 Å². The summed E-state index contributed by atoms with van der Waals surface area (Å²) in [6.07, 6.45) is 4.64. The molecular weight excluding hydrogens is 368 g/mol. The number of hydrogen-bond acceptors (Lipinski definition) is 3. The molecule has 1 amide bonds. The van der Waals surface area contributed by atoms with E-state index in [1.807, 2.05) is 13.8 Å². The highest BCUT2D eigenvalue weighted by Gasteiger charge is 2.21. The maximum Gasteiger partial charge on any atom is 0.257 e. The van der Waals surface area contributed by atoms with Crippen molar-refractivity contribution in [2.75, 3.05) is 59.0 Å². The van der Waals surface area contributed by atoms with Crippen molar-refractivity contribution in [3.8, 4) is 0 Å². The maximum atomic E-state index is 12.9. The summed E-state index contributed by atoms with van der Waals surface area (Å²) in [5, 5.41) is 2.99. The molecule has 1 aromatic rings. The second kappa shape index (κ2) is 10.9. The topological polar surface area (TPSA) is 69.2 Å². The van der Waals surface area contributed by atoms with E-state index in [0.717, 1.165) is 57.3 Å². The van der Waals surface area contributed by atoms with Crippen LogP contribution in [0.4, 0.5) is 0 Å². The van der Waals surface area contributed by atoms with Gasteiger partial charge in [0, 0.05) is 17.5 Å². The number of nitrogens with zero attached hydrogens (tertiary/aromatic N) is 1. The number of aryl methyl sites for hydroxylation is 1. The lowest BCUT2D eigenvalue weighted by Gasteiger charge is -2.26. The van der Waals surface area contributed by atoms with Crippen LogP contribution in [0.25, 0.3) is 0 Å². The van der Waals surface area contributed by atoms with Crippen LogP contribution in [0.15, 0.2) is 10.9 Å². The first kappa shape index (κ1) is 22.0. The first-order valence-electron chi connectivity index (χ1n) is 11.4. The predicted molar refractivity (Wildman–Crippen MR) is 113 cm³/mol. The zero-order chi connectivity index (χ0) is 20.6. The van der Waals surface area contributed by atoms with Crippen molar-refractivity contribution >= 4 is 5.91 Å². The zero-order valence-corrected chi connectivity index (χ0v) is 18.1. The van der Waals surface area contributed by atoms with E-state index in [2.05, 4.69) is 9.88 Å². The maximum absolute atomic E-state index is 12.9. The Labute approximate surface area is 174 Å². The van der Waals surface area contributed by atoms with Crippen LogP contribution in [0, 0.1) is 6.92 Å². The van der Waals surface area contributed by atoms with Crippen LogP contribution in [0.2, 0.25) is 0 Å². The molecule has 7 nitrogen and oxygen atoms in total. The molecule has 0 unspecified atom stereocenters. The molecular formula is C22H38N4O3+2. The lowest BCUT2D eigenvalue weighted by Crippen LogP contribution is -3.14. The Morgan fingerprint density at radius 2 is 1.79 bits per heavy atom. The van der Waals surface area contributed by atoms with Crippen molar-refractivity contribution in [3.05, 3.63) is 33.2 Å². The zero-order valence-electron chi connectivity index (χ0n) is 18.1. The van der Waals surface area contributed by atoms with Crippen molar-refractivity contribution < 1.29 is 19.3 Å². The first-order chi connectivity index (χ1) is 14.1. The lowest BCUT2D eigenvalue weighted by molar-refractivity contribution is -0.906. The van der Waals surface area contributed by atoms with Crippen LogP contribution in [0.1, 0.15) is 47.9 Å². The largest absolute Gasteiger partial charge is 0.370 e. The highest BCUT2D eigenvalue weighted by Crippen LogP contribution is 2.10. The van der Waals surface area contributed by atoms with Crippen LogP contribution in [-0.2, 0) is 17.7 Å². The number of ether oxygens (including phenoxy) is 1. The van der Waals surface area contributed by atoms with E-state index in [1.54, 1.807) is 11.0 Å². The Kier molecular flexibility index (Phi) is 8.27. The van der Waals surface area contributed by atoms with E-state index in [9.17, 15) is 9.59 Å². The number of carbonyl (C=O) groups is 1. The molecule has 0 saturated carbocycles. The van der Waals surface area contributed by atoms with E-state index in [0.29, 0.717) is 18.5 Å². The predicted octanol–water partition coefficient (Wildman–Crippen LogP) is -1.57. The Bertz CT molecular complexity index is 734. The van der Waals surface area contributed by atoms with Crippen LogP contribution >= 0.6 is 0 Å². The minimum absolute atomic E-state index is 0.155. The van der Waals surface area contributed by atoms with Gasteiger partial charge >= 0.3 is 0 Å². The molecule has 3 rings (SSSR count). The fraction of sp³-hybridized carbons (Fsp3) is 0.727. The number of quaternary nitrogens is 2. The molecule has 0 atom stereocenters. The van der Waals surface area contributed by atoms with Crippen LogP contribution in [-0.4, -0.2) is 69.5 Å². The minimum Gasteiger partial charge on any atom is -0.370 e. The summed E-state index contributed by atoms with van der Waals surface area (Å²) in [7, 11) is 0. The fourth-order valence-corrected chi connectivity index (χ4v) is 4.67. The SMILES string of the molecule is CCc1c(C(=O)NCC[NH+]2CCOCC2)c(=O)cc(C)n1CC[NH+]1CCCCC1. The van der Waals surface area contributed by atoms with Gasteiger partial charge in [0.05, 0.1) is 52.5 Å². The van der Waals surface area contributed by atoms with Gasteiger partial charge < -0.3 is 24.4 Å².